The van der Waals surface area contributed by atoms with Crippen LogP contribution in [0.25, 0.3) is 0 Å². The third-order valence-electron chi connectivity index (χ3n) is 9.21. The van der Waals surface area contributed by atoms with E-state index in [1.165, 1.54) is 154 Å². The molecule has 3 unspecified atom stereocenters. The number of carbonyl (C=O) groups is 1. The predicted molar refractivity (Wildman–Crippen MR) is 186 cm³/mol. The van der Waals surface area contributed by atoms with E-state index in [4.69, 9.17) is 0 Å². The Balaban J connectivity index is 3.64. The molecule has 0 saturated carbocycles. The summed E-state index contributed by atoms with van der Waals surface area (Å²) in [5.41, 5.74) is 0. The van der Waals surface area contributed by atoms with Crippen molar-refractivity contribution in [3.63, 3.8) is 0 Å². The number of rotatable bonds is 35. The van der Waals surface area contributed by atoms with E-state index in [1.807, 2.05) is 0 Å². The van der Waals surface area contributed by atoms with Crippen molar-refractivity contribution >= 4 is 5.91 Å². The fourth-order valence-electron chi connectivity index (χ4n) is 6.16. The van der Waals surface area contributed by atoms with Crippen LogP contribution in [0.15, 0.2) is 0 Å². The van der Waals surface area contributed by atoms with E-state index in [9.17, 15) is 20.1 Å². The minimum atomic E-state index is -1.13. The summed E-state index contributed by atoms with van der Waals surface area (Å²) in [5.74, 6) is -0.143. The molecule has 0 heterocycles. The fourth-order valence-corrected chi connectivity index (χ4v) is 6.16. The monoisotopic (exact) mass is 612 g/mol. The maximum absolute atomic E-state index is 12.3. The van der Waals surface area contributed by atoms with Gasteiger partial charge in [0.2, 0.25) is 5.91 Å². The number of nitrogens with one attached hydrogen (secondary N) is 1. The Kier molecular flexibility index (Phi) is 33.7. The second-order valence-corrected chi connectivity index (χ2v) is 13.5. The maximum atomic E-state index is 12.3. The van der Waals surface area contributed by atoms with Gasteiger partial charge >= 0.3 is 0 Å². The van der Waals surface area contributed by atoms with Crippen LogP contribution in [0, 0.1) is 0 Å². The van der Waals surface area contributed by atoms with Gasteiger partial charge in [0.1, 0.15) is 6.10 Å². The zero-order valence-corrected chi connectivity index (χ0v) is 29.1. The smallest absolute Gasteiger partial charge is 0.220 e. The maximum Gasteiger partial charge on any atom is 0.220 e. The van der Waals surface area contributed by atoms with Crippen molar-refractivity contribution in [3.05, 3.63) is 0 Å². The second kappa shape index (κ2) is 34.2. The average Bonchev–Trinajstić information content (AvgIpc) is 3.01. The molecule has 5 nitrogen and oxygen atoms in total. The number of aliphatic hydroxyl groups excluding tert-OH is 3. The molecule has 0 aromatic carbocycles. The Bertz CT molecular complexity index is 558. The lowest BCUT2D eigenvalue weighted by Crippen LogP contribution is -2.50. The Morgan fingerprint density at radius 3 is 1.12 bits per heavy atom. The van der Waals surface area contributed by atoms with E-state index >= 15 is 0 Å². The first kappa shape index (κ1) is 42.3. The fraction of sp³-hybridized carbons (Fsp3) is 0.974. The molecule has 0 aliphatic rings. The van der Waals surface area contributed by atoms with Crippen LogP contribution in [0.5, 0.6) is 0 Å². The van der Waals surface area contributed by atoms with Crippen LogP contribution in [0.4, 0.5) is 0 Å². The summed E-state index contributed by atoms with van der Waals surface area (Å²) in [6, 6.07) is -0.800. The molecular weight excluding hydrogens is 534 g/mol. The standard InChI is InChI=1S/C38H77NO4/c1-3-5-7-9-11-13-15-17-18-19-21-22-24-26-28-30-32-36(41)38(43)35(34-40)39-37(42)33-31-29-27-25-23-20-16-14-12-10-8-6-4-2/h35-36,38,40-41,43H,3-34H2,1-2H3,(H,39,42). The van der Waals surface area contributed by atoms with Crippen LogP contribution in [0.3, 0.4) is 0 Å². The number of aliphatic hydroxyl groups is 3. The first-order valence-electron chi connectivity index (χ1n) is 19.3. The molecule has 0 aromatic rings. The Labute approximate surface area is 268 Å². The highest BCUT2D eigenvalue weighted by molar-refractivity contribution is 5.76. The lowest BCUT2D eigenvalue weighted by Gasteiger charge is -2.26. The SMILES string of the molecule is CCCCCCCCCCCCCCCCCCC(O)C(O)C(CO)NC(=O)CCCCCCCCCCCCCCC. The van der Waals surface area contributed by atoms with Gasteiger partial charge in [-0.2, -0.15) is 0 Å². The van der Waals surface area contributed by atoms with Gasteiger partial charge in [0.05, 0.1) is 18.8 Å². The van der Waals surface area contributed by atoms with Crippen molar-refractivity contribution in [1.29, 1.82) is 0 Å². The molecule has 0 rings (SSSR count). The summed E-state index contributed by atoms with van der Waals surface area (Å²) in [6.07, 6.45) is 36.2. The molecule has 0 saturated heterocycles. The molecule has 0 radical (unpaired) electrons. The lowest BCUT2D eigenvalue weighted by molar-refractivity contribution is -0.124. The summed E-state index contributed by atoms with van der Waals surface area (Å²) < 4.78 is 0. The number of hydrogen-bond acceptors (Lipinski definition) is 4. The summed E-state index contributed by atoms with van der Waals surface area (Å²) >= 11 is 0. The normalized spacial score (nSPS) is 13.7. The highest BCUT2D eigenvalue weighted by Crippen LogP contribution is 2.16. The van der Waals surface area contributed by atoms with Crippen LogP contribution < -0.4 is 5.32 Å². The number of unbranched alkanes of at least 4 members (excludes halogenated alkanes) is 27. The molecule has 5 heteroatoms. The van der Waals surface area contributed by atoms with Gasteiger partial charge < -0.3 is 20.6 Å². The van der Waals surface area contributed by atoms with Crippen molar-refractivity contribution in [3.8, 4) is 0 Å². The van der Waals surface area contributed by atoms with Crippen LogP contribution in [0.1, 0.15) is 213 Å². The van der Waals surface area contributed by atoms with Crippen molar-refractivity contribution in [2.24, 2.45) is 0 Å². The molecule has 0 spiro atoms. The van der Waals surface area contributed by atoms with Gasteiger partial charge in [-0.15, -0.1) is 0 Å². The summed E-state index contributed by atoms with van der Waals surface area (Å²) in [4.78, 5) is 12.3. The number of carbonyl (C=O) groups excluding carboxylic acids is 1. The summed E-state index contributed by atoms with van der Waals surface area (Å²) in [5, 5.41) is 33.4. The summed E-state index contributed by atoms with van der Waals surface area (Å²) in [7, 11) is 0. The van der Waals surface area contributed by atoms with E-state index in [1.54, 1.807) is 0 Å². The molecule has 0 aliphatic heterocycles. The van der Waals surface area contributed by atoms with Gasteiger partial charge in [-0.3, -0.25) is 4.79 Å². The number of amides is 1. The van der Waals surface area contributed by atoms with E-state index < -0.39 is 18.2 Å². The van der Waals surface area contributed by atoms with E-state index in [-0.39, 0.29) is 12.5 Å². The Morgan fingerprint density at radius 1 is 0.488 bits per heavy atom. The molecule has 43 heavy (non-hydrogen) atoms. The van der Waals surface area contributed by atoms with Gasteiger partial charge in [0.15, 0.2) is 0 Å². The van der Waals surface area contributed by atoms with Gasteiger partial charge in [0, 0.05) is 6.42 Å². The van der Waals surface area contributed by atoms with Crippen molar-refractivity contribution < 1.29 is 20.1 Å². The Morgan fingerprint density at radius 2 is 0.791 bits per heavy atom. The van der Waals surface area contributed by atoms with Gasteiger partial charge in [-0.1, -0.05) is 194 Å². The van der Waals surface area contributed by atoms with E-state index in [0.717, 1.165) is 32.1 Å². The molecular formula is C38H77NO4. The van der Waals surface area contributed by atoms with Crippen LogP contribution >= 0.6 is 0 Å². The molecule has 0 bridgehead atoms. The van der Waals surface area contributed by atoms with Crippen molar-refractivity contribution in [2.45, 2.75) is 231 Å². The molecule has 0 aromatic heterocycles. The molecule has 258 valence electrons. The van der Waals surface area contributed by atoms with E-state index in [2.05, 4.69) is 19.2 Å². The Hall–Kier alpha value is -0.650. The minimum Gasteiger partial charge on any atom is -0.394 e. The highest BCUT2D eigenvalue weighted by Gasteiger charge is 2.26. The minimum absolute atomic E-state index is 0.143. The first-order valence-corrected chi connectivity index (χ1v) is 19.3. The van der Waals surface area contributed by atoms with Gasteiger partial charge in [0.25, 0.3) is 0 Å². The second-order valence-electron chi connectivity index (χ2n) is 13.5. The van der Waals surface area contributed by atoms with Crippen LogP contribution in [-0.2, 0) is 4.79 Å². The van der Waals surface area contributed by atoms with E-state index in [0.29, 0.717) is 12.8 Å². The van der Waals surface area contributed by atoms with Gasteiger partial charge in [-0.25, -0.2) is 0 Å². The highest BCUT2D eigenvalue weighted by atomic mass is 16.3. The third kappa shape index (κ3) is 29.8. The van der Waals surface area contributed by atoms with Crippen LogP contribution in [-0.4, -0.2) is 46.1 Å². The molecule has 0 aliphatic carbocycles. The van der Waals surface area contributed by atoms with Crippen molar-refractivity contribution in [2.75, 3.05) is 6.61 Å². The average molecular weight is 612 g/mol. The largest absolute Gasteiger partial charge is 0.394 e. The summed E-state index contributed by atoms with van der Waals surface area (Å²) in [6.45, 7) is 4.18. The lowest BCUT2D eigenvalue weighted by atomic mass is 9.99. The van der Waals surface area contributed by atoms with Crippen molar-refractivity contribution in [1.82, 2.24) is 5.32 Å². The molecule has 0 fully saturated rings. The van der Waals surface area contributed by atoms with Gasteiger partial charge in [-0.05, 0) is 12.8 Å². The molecule has 3 atom stereocenters. The zero-order valence-electron chi connectivity index (χ0n) is 29.1. The third-order valence-corrected chi connectivity index (χ3v) is 9.21. The van der Waals surface area contributed by atoms with Crippen LogP contribution in [0.2, 0.25) is 0 Å². The zero-order chi connectivity index (χ0) is 31.6. The predicted octanol–water partition coefficient (Wildman–Crippen LogP) is 10.3. The topological polar surface area (TPSA) is 89.8 Å². The quantitative estimate of drug-likeness (QED) is 0.0537. The molecule has 1 amide bonds. The molecule has 4 N–H and O–H groups in total. The first-order chi connectivity index (χ1) is 21.1. The number of hydrogen-bond donors (Lipinski definition) is 4.